The van der Waals surface area contributed by atoms with Gasteiger partial charge in [0.1, 0.15) is 0 Å². The normalized spacial score (nSPS) is 12.7. The SMILES string of the molecule is CCCCCC(CCC)C(=O)OCC(CC)CC. The molecular weight excluding hydrogens is 224 g/mol. The first-order valence-electron chi connectivity index (χ1n) is 7.86. The Morgan fingerprint density at radius 1 is 0.944 bits per heavy atom. The van der Waals surface area contributed by atoms with Crippen LogP contribution in [-0.2, 0) is 9.53 Å². The Morgan fingerprint density at radius 3 is 2.11 bits per heavy atom. The summed E-state index contributed by atoms with van der Waals surface area (Å²) in [5.74, 6) is 0.711. The predicted octanol–water partition coefficient (Wildman–Crippen LogP) is 4.96. The van der Waals surface area contributed by atoms with E-state index in [9.17, 15) is 4.79 Å². The number of ether oxygens (including phenoxy) is 1. The van der Waals surface area contributed by atoms with Crippen LogP contribution in [0.15, 0.2) is 0 Å². The van der Waals surface area contributed by atoms with Gasteiger partial charge in [0.05, 0.1) is 12.5 Å². The lowest BCUT2D eigenvalue weighted by molar-refractivity contribution is -0.150. The van der Waals surface area contributed by atoms with Crippen molar-refractivity contribution in [3.8, 4) is 0 Å². The van der Waals surface area contributed by atoms with E-state index < -0.39 is 0 Å². The highest BCUT2D eigenvalue weighted by Crippen LogP contribution is 2.18. The molecule has 0 bridgehead atoms. The van der Waals surface area contributed by atoms with Crippen LogP contribution in [-0.4, -0.2) is 12.6 Å². The zero-order valence-corrected chi connectivity index (χ0v) is 12.8. The summed E-state index contributed by atoms with van der Waals surface area (Å²) in [4.78, 5) is 12.0. The second kappa shape index (κ2) is 11.6. The van der Waals surface area contributed by atoms with Crippen LogP contribution >= 0.6 is 0 Å². The molecular formula is C16H32O2. The Morgan fingerprint density at radius 2 is 1.61 bits per heavy atom. The molecule has 0 heterocycles. The first-order valence-corrected chi connectivity index (χ1v) is 7.86. The topological polar surface area (TPSA) is 26.3 Å². The van der Waals surface area contributed by atoms with E-state index in [2.05, 4.69) is 27.7 Å². The maximum absolute atomic E-state index is 12.0. The summed E-state index contributed by atoms with van der Waals surface area (Å²) in [6.45, 7) is 9.26. The second-order valence-corrected chi connectivity index (χ2v) is 5.29. The van der Waals surface area contributed by atoms with Crippen molar-refractivity contribution in [3.63, 3.8) is 0 Å². The number of hydrogen-bond donors (Lipinski definition) is 0. The Labute approximate surface area is 113 Å². The molecule has 0 rings (SSSR count). The van der Waals surface area contributed by atoms with Gasteiger partial charge in [-0.05, 0) is 18.8 Å². The molecule has 1 unspecified atom stereocenters. The molecule has 0 saturated carbocycles. The van der Waals surface area contributed by atoms with Gasteiger partial charge in [-0.25, -0.2) is 0 Å². The molecule has 0 aromatic carbocycles. The number of rotatable bonds is 11. The molecule has 0 N–H and O–H groups in total. The van der Waals surface area contributed by atoms with E-state index in [-0.39, 0.29) is 11.9 Å². The first kappa shape index (κ1) is 17.5. The summed E-state index contributed by atoms with van der Waals surface area (Å²) in [5, 5.41) is 0. The number of carbonyl (C=O) groups excluding carboxylic acids is 1. The summed E-state index contributed by atoms with van der Waals surface area (Å²) in [6.07, 6.45) is 8.82. The van der Waals surface area contributed by atoms with Crippen molar-refractivity contribution >= 4 is 5.97 Å². The molecule has 0 amide bonds. The summed E-state index contributed by atoms with van der Waals surface area (Å²) >= 11 is 0. The fourth-order valence-corrected chi connectivity index (χ4v) is 2.21. The molecule has 2 nitrogen and oxygen atoms in total. The third kappa shape index (κ3) is 7.73. The van der Waals surface area contributed by atoms with Crippen LogP contribution < -0.4 is 0 Å². The largest absolute Gasteiger partial charge is 0.465 e. The molecule has 0 aromatic heterocycles. The fourth-order valence-electron chi connectivity index (χ4n) is 2.21. The summed E-state index contributed by atoms with van der Waals surface area (Å²) in [7, 11) is 0. The molecule has 0 spiro atoms. The van der Waals surface area contributed by atoms with Gasteiger partial charge in [-0.2, -0.15) is 0 Å². The summed E-state index contributed by atoms with van der Waals surface area (Å²) in [5.41, 5.74) is 0. The molecule has 0 aliphatic heterocycles. The van der Waals surface area contributed by atoms with Gasteiger partial charge >= 0.3 is 5.97 Å². The summed E-state index contributed by atoms with van der Waals surface area (Å²) < 4.78 is 5.49. The minimum atomic E-state index is 0.0415. The Balaban J connectivity index is 4.04. The van der Waals surface area contributed by atoms with Gasteiger partial charge in [0, 0.05) is 0 Å². The third-order valence-electron chi connectivity index (χ3n) is 3.74. The number of esters is 1. The van der Waals surface area contributed by atoms with E-state index in [1.165, 1.54) is 12.8 Å². The zero-order chi connectivity index (χ0) is 13.8. The van der Waals surface area contributed by atoms with Crippen molar-refractivity contribution < 1.29 is 9.53 Å². The predicted molar refractivity (Wildman–Crippen MR) is 77.6 cm³/mol. The monoisotopic (exact) mass is 256 g/mol. The third-order valence-corrected chi connectivity index (χ3v) is 3.74. The van der Waals surface area contributed by atoms with Crippen LogP contribution in [0.1, 0.15) is 79.1 Å². The molecule has 1 atom stereocenters. The second-order valence-electron chi connectivity index (χ2n) is 5.29. The number of hydrogen-bond acceptors (Lipinski definition) is 2. The molecule has 0 aliphatic carbocycles. The molecule has 0 aliphatic rings. The molecule has 0 fully saturated rings. The standard InChI is InChI=1S/C16H32O2/c1-5-9-10-12-15(11-6-2)16(17)18-13-14(7-3)8-4/h14-15H,5-13H2,1-4H3. The quantitative estimate of drug-likeness (QED) is 0.385. The Bertz CT molecular complexity index is 197. The lowest BCUT2D eigenvalue weighted by atomic mass is 9.96. The van der Waals surface area contributed by atoms with Crippen LogP contribution in [0.25, 0.3) is 0 Å². The zero-order valence-electron chi connectivity index (χ0n) is 12.8. The van der Waals surface area contributed by atoms with Crippen molar-refractivity contribution in [2.75, 3.05) is 6.61 Å². The van der Waals surface area contributed by atoms with E-state index >= 15 is 0 Å². The minimum absolute atomic E-state index is 0.0415. The van der Waals surface area contributed by atoms with E-state index in [1.807, 2.05) is 0 Å². The van der Waals surface area contributed by atoms with Gasteiger partial charge in [-0.1, -0.05) is 66.2 Å². The summed E-state index contributed by atoms with van der Waals surface area (Å²) in [6, 6.07) is 0. The van der Waals surface area contributed by atoms with E-state index in [4.69, 9.17) is 4.74 Å². The van der Waals surface area contributed by atoms with Crippen molar-refractivity contribution in [1.82, 2.24) is 0 Å². The molecule has 108 valence electrons. The van der Waals surface area contributed by atoms with E-state index in [0.717, 1.165) is 38.5 Å². The van der Waals surface area contributed by atoms with Gasteiger partial charge < -0.3 is 4.74 Å². The first-order chi connectivity index (χ1) is 8.69. The smallest absolute Gasteiger partial charge is 0.308 e. The van der Waals surface area contributed by atoms with E-state index in [0.29, 0.717) is 12.5 Å². The van der Waals surface area contributed by atoms with Crippen molar-refractivity contribution in [2.24, 2.45) is 11.8 Å². The number of unbranched alkanes of at least 4 members (excludes halogenated alkanes) is 2. The minimum Gasteiger partial charge on any atom is -0.465 e. The maximum atomic E-state index is 12.0. The van der Waals surface area contributed by atoms with Crippen molar-refractivity contribution in [3.05, 3.63) is 0 Å². The Hall–Kier alpha value is -0.530. The van der Waals surface area contributed by atoms with E-state index in [1.54, 1.807) is 0 Å². The average molecular weight is 256 g/mol. The molecule has 18 heavy (non-hydrogen) atoms. The average Bonchev–Trinajstić information content (AvgIpc) is 2.39. The van der Waals surface area contributed by atoms with Gasteiger partial charge in [0.25, 0.3) is 0 Å². The molecule has 0 radical (unpaired) electrons. The molecule has 0 aromatic rings. The fraction of sp³-hybridized carbons (Fsp3) is 0.938. The highest BCUT2D eigenvalue weighted by atomic mass is 16.5. The van der Waals surface area contributed by atoms with Crippen LogP contribution in [0.5, 0.6) is 0 Å². The highest BCUT2D eigenvalue weighted by Gasteiger charge is 2.19. The lowest BCUT2D eigenvalue weighted by Gasteiger charge is -2.18. The maximum Gasteiger partial charge on any atom is 0.308 e. The van der Waals surface area contributed by atoms with Crippen LogP contribution in [0.4, 0.5) is 0 Å². The van der Waals surface area contributed by atoms with Crippen LogP contribution in [0, 0.1) is 11.8 Å². The Kier molecular flexibility index (Phi) is 11.2. The lowest BCUT2D eigenvalue weighted by Crippen LogP contribution is -2.21. The molecule has 0 saturated heterocycles. The van der Waals surface area contributed by atoms with Crippen molar-refractivity contribution in [1.29, 1.82) is 0 Å². The van der Waals surface area contributed by atoms with Crippen LogP contribution in [0.2, 0.25) is 0 Å². The van der Waals surface area contributed by atoms with Gasteiger partial charge in [-0.15, -0.1) is 0 Å². The van der Waals surface area contributed by atoms with Gasteiger partial charge in [-0.3, -0.25) is 4.79 Å². The van der Waals surface area contributed by atoms with Crippen LogP contribution in [0.3, 0.4) is 0 Å². The number of carbonyl (C=O) groups is 1. The van der Waals surface area contributed by atoms with Crippen molar-refractivity contribution in [2.45, 2.75) is 79.1 Å². The van der Waals surface area contributed by atoms with Gasteiger partial charge in [0.2, 0.25) is 0 Å². The van der Waals surface area contributed by atoms with Gasteiger partial charge in [0.15, 0.2) is 0 Å². The highest BCUT2D eigenvalue weighted by molar-refractivity contribution is 5.72. The molecule has 2 heteroatoms.